The van der Waals surface area contributed by atoms with E-state index in [4.69, 9.17) is 5.73 Å². The maximum absolute atomic E-state index is 11.3. The van der Waals surface area contributed by atoms with E-state index in [2.05, 4.69) is 5.32 Å². The minimum Gasteiger partial charge on any atom is -0.383 e. The summed E-state index contributed by atoms with van der Waals surface area (Å²) >= 11 is 0. The number of nitrogens with two attached hydrogens (primary N) is 1. The molecular weight excluding hydrogens is 288 g/mol. The van der Waals surface area contributed by atoms with E-state index in [0.29, 0.717) is 18.5 Å². The highest BCUT2D eigenvalue weighted by Gasteiger charge is 2.14. The lowest BCUT2D eigenvalue weighted by atomic mass is 10.1. The van der Waals surface area contributed by atoms with Crippen LogP contribution in [0.15, 0.2) is 41.3 Å². The molecule has 2 aromatic carbocycles. The second-order valence-corrected chi connectivity index (χ2v) is 5.24. The highest BCUT2D eigenvalue weighted by molar-refractivity contribution is 7.86. The molecule has 0 aromatic heterocycles. The van der Waals surface area contributed by atoms with Crippen LogP contribution in [-0.4, -0.2) is 26.1 Å². The van der Waals surface area contributed by atoms with Gasteiger partial charge in [0.2, 0.25) is 0 Å². The standard InChI is InChI=1S/C12H14N2O3S.ClH/c13-7-8-14-11-5-1-4-10-9(11)3-2-6-12(10)18(15,16)17;/h1-6,14H,7-8,13H2,(H,15,16,17);1H. The number of anilines is 1. The Balaban J connectivity index is 0.00000180. The summed E-state index contributed by atoms with van der Waals surface area (Å²) in [6, 6.07) is 10.00. The summed E-state index contributed by atoms with van der Waals surface area (Å²) in [6.45, 7) is 1.07. The van der Waals surface area contributed by atoms with Gasteiger partial charge < -0.3 is 11.1 Å². The summed E-state index contributed by atoms with van der Waals surface area (Å²) in [4.78, 5) is -0.0867. The van der Waals surface area contributed by atoms with Crippen molar-refractivity contribution >= 4 is 39.0 Å². The molecule has 0 radical (unpaired) electrons. The first-order chi connectivity index (χ1) is 8.54. The highest BCUT2D eigenvalue weighted by Crippen LogP contribution is 2.28. The molecule has 0 aliphatic carbocycles. The van der Waals surface area contributed by atoms with Gasteiger partial charge in [-0.15, -0.1) is 12.4 Å². The average molecular weight is 303 g/mol. The van der Waals surface area contributed by atoms with Crippen LogP contribution in [0.3, 0.4) is 0 Å². The van der Waals surface area contributed by atoms with Gasteiger partial charge in [-0.25, -0.2) is 0 Å². The van der Waals surface area contributed by atoms with E-state index in [9.17, 15) is 13.0 Å². The first kappa shape index (κ1) is 15.7. The van der Waals surface area contributed by atoms with E-state index < -0.39 is 10.1 Å². The number of hydrogen-bond donors (Lipinski definition) is 3. The predicted octanol–water partition coefficient (Wildman–Crippen LogP) is 1.88. The van der Waals surface area contributed by atoms with Crippen LogP contribution in [0.4, 0.5) is 5.69 Å². The van der Waals surface area contributed by atoms with Crippen molar-refractivity contribution in [2.24, 2.45) is 5.73 Å². The maximum atomic E-state index is 11.3. The van der Waals surface area contributed by atoms with Gasteiger partial charge in [0.1, 0.15) is 4.90 Å². The molecule has 0 saturated carbocycles. The topological polar surface area (TPSA) is 92.4 Å². The molecule has 7 heteroatoms. The Kier molecular flexibility index (Phi) is 5.13. The summed E-state index contributed by atoms with van der Waals surface area (Å²) in [6.07, 6.45) is 0. The molecule has 2 aromatic rings. The van der Waals surface area contributed by atoms with Crippen LogP contribution >= 0.6 is 12.4 Å². The van der Waals surface area contributed by atoms with Crippen molar-refractivity contribution in [3.05, 3.63) is 36.4 Å². The van der Waals surface area contributed by atoms with Crippen molar-refractivity contribution in [1.82, 2.24) is 0 Å². The lowest BCUT2D eigenvalue weighted by molar-refractivity contribution is 0.484. The molecule has 0 aliphatic heterocycles. The van der Waals surface area contributed by atoms with Crippen molar-refractivity contribution in [3.63, 3.8) is 0 Å². The molecule has 104 valence electrons. The number of benzene rings is 2. The van der Waals surface area contributed by atoms with E-state index in [0.717, 1.165) is 11.1 Å². The van der Waals surface area contributed by atoms with Gasteiger partial charge in [0, 0.05) is 29.5 Å². The van der Waals surface area contributed by atoms with E-state index >= 15 is 0 Å². The van der Waals surface area contributed by atoms with Gasteiger partial charge >= 0.3 is 0 Å². The van der Waals surface area contributed by atoms with Crippen LogP contribution < -0.4 is 11.1 Å². The number of nitrogens with one attached hydrogen (secondary N) is 1. The smallest absolute Gasteiger partial charge is 0.295 e. The maximum Gasteiger partial charge on any atom is 0.295 e. The fourth-order valence-electron chi connectivity index (χ4n) is 1.87. The van der Waals surface area contributed by atoms with Crippen molar-refractivity contribution in [2.75, 3.05) is 18.4 Å². The first-order valence-corrected chi connectivity index (χ1v) is 6.91. The summed E-state index contributed by atoms with van der Waals surface area (Å²) in [5.74, 6) is 0. The average Bonchev–Trinajstić information content (AvgIpc) is 2.34. The van der Waals surface area contributed by atoms with Crippen molar-refractivity contribution < 1.29 is 13.0 Å². The Labute approximate surface area is 118 Å². The zero-order chi connectivity index (χ0) is 13.2. The lowest BCUT2D eigenvalue weighted by Gasteiger charge is -2.10. The minimum absolute atomic E-state index is 0. The monoisotopic (exact) mass is 302 g/mol. The Morgan fingerprint density at radius 2 is 1.74 bits per heavy atom. The van der Waals surface area contributed by atoms with Crippen LogP contribution in [0, 0.1) is 0 Å². The fraction of sp³-hybridized carbons (Fsp3) is 0.167. The molecule has 5 nitrogen and oxygen atoms in total. The molecule has 0 spiro atoms. The molecule has 19 heavy (non-hydrogen) atoms. The van der Waals surface area contributed by atoms with Gasteiger partial charge in [-0.05, 0) is 12.1 Å². The normalized spacial score (nSPS) is 11.1. The van der Waals surface area contributed by atoms with Crippen LogP contribution in [0.25, 0.3) is 10.8 Å². The number of hydrogen-bond acceptors (Lipinski definition) is 4. The van der Waals surface area contributed by atoms with Crippen LogP contribution in [0.5, 0.6) is 0 Å². The molecular formula is C12H15ClN2O3S. The third-order valence-electron chi connectivity index (χ3n) is 2.62. The second-order valence-electron chi connectivity index (χ2n) is 3.85. The van der Waals surface area contributed by atoms with Crippen LogP contribution in [0.2, 0.25) is 0 Å². The largest absolute Gasteiger partial charge is 0.383 e. The predicted molar refractivity (Wildman–Crippen MR) is 78.6 cm³/mol. The Morgan fingerprint density at radius 3 is 2.37 bits per heavy atom. The molecule has 0 fully saturated rings. The Hall–Kier alpha value is -1.34. The van der Waals surface area contributed by atoms with E-state index in [1.807, 2.05) is 6.07 Å². The quantitative estimate of drug-likeness (QED) is 0.750. The molecule has 0 heterocycles. The molecule has 0 aliphatic rings. The van der Waals surface area contributed by atoms with Gasteiger partial charge in [-0.2, -0.15) is 8.42 Å². The second kappa shape index (κ2) is 6.21. The summed E-state index contributed by atoms with van der Waals surface area (Å²) in [7, 11) is -4.22. The Morgan fingerprint density at radius 1 is 1.11 bits per heavy atom. The molecule has 0 amide bonds. The van der Waals surface area contributed by atoms with Crippen molar-refractivity contribution in [2.45, 2.75) is 4.90 Å². The fourth-order valence-corrected chi connectivity index (χ4v) is 2.57. The number of halogens is 1. The van der Waals surface area contributed by atoms with Gasteiger partial charge in [0.05, 0.1) is 0 Å². The van der Waals surface area contributed by atoms with Crippen LogP contribution in [0.1, 0.15) is 0 Å². The molecule has 0 bridgehead atoms. The number of rotatable bonds is 4. The van der Waals surface area contributed by atoms with Crippen molar-refractivity contribution in [3.8, 4) is 0 Å². The van der Waals surface area contributed by atoms with Gasteiger partial charge in [0.15, 0.2) is 0 Å². The van der Waals surface area contributed by atoms with Crippen molar-refractivity contribution in [1.29, 1.82) is 0 Å². The molecule has 0 unspecified atom stereocenters. The van der Waals surface area contributed by atoms with E-state index in [-0.39, 0.29) is 17.3 Å². The van der Waals surface area contributed by atoms with E-state index in [1.54, 1.807) is 24.3 Å². The lowest BCUT2D eigenvalue weighted by Crippen LogP contribution is -2.13. The zero-order valence-electron chi connectivity index (χ0n) is 10.0. The minimum atomic E-state index is -4.22. The summed E-state index contributed by atoms with van der Waals surface area (Å²) < 4.78 is 31.8. The third-order valence-corrected chi connectivity index (χ3v) is 3.53. The Bertz CT molecular complexity index is 674. The number of fused-ring (bicyclic) bond motifs is 1. The molecule has 0 saturated heterocycles. The molecule has 0 atom stereocenters. The first-order valence-electron chi connectivity index (χ1n) is 5.47. The van der Waals surface area contributed by atoms with Crippen LogP contribution in [-0.2, 0) is 10.1 Å². The van der Waals surface area contributed by atoms with Gasteiger partial charge in [-0.1, -0.05) is 24.3 Å². The summed E-state index contributed by atoms with van der Waals surface area (Å²) in [5, 5.41) is 4.34. The van der Waals surface area contributed by atoms with Gasteiger partial charge in [0.25, 0.3) is 10.1 Å². The van der Waals surface area contributed by atoms with E-state index in [1.165, 1.54) is 6.07 Å². The van der Waals surface area contributed by atoms with Gasteiger partial charge in [-0.3, -0.25) is 4.55 Å². The molecule has 2 rings (SSSR count). The zero-order valence-corrected chi connectivity index (χ0v) is 11.7. The SMILES string of the molecule is Cl.NCCNc1cccc2c(S(=O)(=O)O)cccc12. The molecule has 4 N–H and O–H groups in total. The highest BCUT2D eigenvalue weighted by atomic mass is 35.5. The third kappa shape index (κ3) is 3.36. The summed E-state index contributed by atoms with van der Waals surface area (Å²) in [5.41, 5.74) is 6.22.